The summed E-state index contributed by atoms with van der Waals surface area (Å²) in [7, 11) is 0. The largest absolute Gasteiger partial charge is 0.309 e. The summed E-state index contributed by atoms with van der Waals surface area (Å²) in [6.45, 7) is 0. The molecule has 55 heavy (non-hydrogen) atoms. The average Bonchev–Trinajstić information content (AvgIpc) is 3.62. The quantitative estimate of drug-likeness (QED) is 0.167. The second-order valence-electron chi connectivity index (χ2n) is 14.1. The Morgan fingerprint density at radius 2 is 0.745 bits per heavy atom. The zero-order valence-corrected chi connectivity index (χ0v) is 29.9. The monoisotopic (exact) mass is 699 g/mol. The highest BCUT2D eigenvalue weighted by Gasteiger charge is 2.22. The summed E-state index contributed by atoms with van der Waals surface area (Å²) in [4.78, 5) is 10.6. The van der Waals surface area contributed by atoms with Crippen molar-refractivity contribution in [3.63, 3.8) is 0 Å². The molecule has 0 aliphatic heterocycles. The molecular formula is C52H33N3. The second kappa shape index (κ2) is 12.6. The van der Waals surface area contributed by atoms with E-state index in [1.54, 1.807) is 0 Å². The molecular weight excluding hydrogens is 667 g/mol. The Hall–Kier alpha value is -7.36. The fourth-order valence-corrected chi connectivity index (χ4v) is 8.55. The minimum atomic E-state index is 0.698. The first kappa shape index (κ1) is 31.2. The first-order valence-electron chi connectivity index (χ1n) is 18.8. The summed E-state index contributed by atoms with van der Waals surface area (Å²) < 4.78 is 2.43. The minimum absolute atomic E-state index is 0.698. The molecule has 0 bridgehead atoms. The average molecular weight is 700 g/mol. The topological polar surface area (TPSA) is 30.7 Å². The molecule has 3 heteroatoms. The Balaban J connectivity index is 1.25. The summed E-state index contributed by atoms with van der Waals surface area (Å²) >= 11 is 0. The molecule has 9 aromatic carbocycles. The van der Waals surface area contributed by atoms with Gasteiger partial charge in [-0.25, -0.2) is 9.97 Å². The Kier molecular flexibility index (Phi) is 7.17. The van der Waals surface area contributed by atoms with Gasteiger partial charge in [-0.05, 0) is 73.8 Å². The molecule has 0 N–H and O–H groups in total. The third-order valence-electron chi connectivity index (χ3n) is 11.0. The van der Waals surface area contributed by atoms with Crippen molar-refractivity contribution in [3.05, 3.63) is 200 Å². The number of rotatable bonds is 5. The van der Waals surface area contributed by atoms with E-state index in [1.165, 1.54) is 48.8 Å². The lowest BCUT2D eigenvalue weighted by molar-refractivity contribution is 1.18. The molecule has 0 spiro atoms. The van der Waals surface area contributed by atoms with E-state index in [1.807, 2.05) is 12.1 Å². The third-order valence-corrected chi connectivity index (χ3v) is 11.0. The third kappa shape index (κ3) is 5.05. The number of hydrogen-bond donors (Lipinski definition) is 0. The van der Waals surface area contributed by atoms with E-state index in [-0.39, 0.29) is 0 Å². The summed E-state index contributed by atoms with van der Waals surface area (Å²) in [6.07, 6.45) is 0. The highest BCUT2D eigenvalue weighted by atomic mass is 15.0. The Morgan fingerprint density at radius 3 is 1.29 bits per heavy atom. The highest BCUT2D eigenvalue weighted by Crippen LogP contribution is 2.44. The van der Waals surface area contributed by atoms with Crippen molar-refractivity contribution in [1.29, 1.82) is 0 Å². The van der Waals surface area contributed by atoms with Crippen LogP contribution < -0.4 is 0 Å². The summed E-state index contributed by atoms with van der Waals surface area (Å²) in [5, 5.41) is 9.87. The maximum Gasteiger partial charge on any atom is 0.161 e. The summed E-state index contributed by atoms with van der Waals surface area (Å²) in [6, 6.07) is 71.4. The predicted octanol–water partition coefficient (Wildman–Crippen LogP) is 13.7. The maximum atomic E-state index is 5.32. The Bertz CT molecular complexity index is 3140. The minimum Gasteiger partial charge on any atom is -0.309 e. The van der Waals surface area contributed by atoms with Gasteiger partial charge >= 0.3 is 0 Å². The first-order chi connectivity index (χ1) is 27.3. The molecule has 11 rings (SSSR count). The van der Waals surface area contributed by atoms with Crippen LogP contribution in [0.2, 0.25) is 0 Å². The van der Waals surface area contributed by atoms with Crippen LogP contribution in [0.4, 0.5) is 0 Å². The van der Waals surface area contributed by atoms with Crippen molar-refractivity contribution in [2.75, 3.05) is 0 Å². The van der Waals surface area contributed by atoms with Gasteiger partial charge in [0.15, 0.2) is 5.82 Å². The molecule has 0 saturated carbocycles. The van der Waals surface area contributed by atoms with Crippen LogP contribution in [-0.4, -0.2) is 14.5 Å². The Labute approximate surface area is 318 Å². The van der Waals surface area contributed by atoms with Crippen molar-refractivity contribution in [3.8, 4) is 50.7 Å². The van der Waals surface area contributed by atoms with Gasteiger partial charge in [0.1, 0.15) is 0 Å². The van der Waals surface area contributed by atoms with Crippen molar-refractivity contribution in [2.45, 2.75) is 0 Å². The second-order valence-corrected chi connectivity index (χ2v) is 14.1. The zero-order chi connectivity index (χ0) is 36.3. The van der Waals surface area contributed by atoms with Gasteiger partial charge in [-0.1, -0.05) is 170 Å². The van der Waals surface area contributed by atoms with Gasteiger partial charge in [0, 0.05) is 33.2 Å². The summed E-state index contributed by atoms with van der Waals surface area (Å²) in [5.74, 6) is 0.698. The van der Waals surface area contributed by atoms with Gasteiger partial charge in [0.05, 0.1) is 22.4 Å². The molecule has 2 aromatic heterocycles. The van der Waals surface area contributed by atoms with E-state index in [4.69, 9.17) is 9.97 Å². The number of hydrogen-bond acceptors (Lipinski definition) is 2. The van der Waals surface area contributed by atoms with Crippen LogP contribution >= 0.6 is 0 Å². The normalized spacial score (nSPS) is 11.6. The van der Waals surface area contributed by atoms with E-state index >= 15 is 0 Å². The molecule has 0 radical (unpaired) electrons. The van der Waals surface area contributed by atoms with Crippen LogP contribution in [0.25, 0.3) is 105 Å². The Morgan fingerprint density at radius 1 is 0.309 bits per heavy atom. The zero-order valence-electron chi connectivity index (χ0n) is 29.9. The van der Waals surface area contributed by atoms with Gasteiger partial charge < -0.3 is 4.57 Å². The van der Waals surface area contributed by atoms with Crippen LogP contribution in [0.1, 0.15) is 0 Å². The molecule has 0 unspecified atom stereocenters. The lowest BCUT2D eigenvalue weighted by Gasteiger charge is -2.14. The molecule has 0 atom stereocenters. The van der Waals surface area contributed by atoms with Crippen LogP contribution in [0.15, 0.2) is 200 Å². The van der Waals surface area contributed by atoms with E-state index in [0.29, 0.717) is 5.82 Å². The molecule has 0 saturated heterocycles. The predicted molar refractivity (Wildman–Crippen MR) is 231 cm³/mol. The molecule has 0 fully saturated rings. The fourth-order valence-electron chi connectivity index (χ4n) is 8.55. The van der Waals surface area contributed by atoms with E-state index < -0.39 is 0 Å². The summed E-state index contributed by atoms with van der Waals surface area (Å²) in [5.41, 5.74) is 10.6. The number of fused-ring (bicyclic) bond motifs is 9. The molecule has 0 amide bonds. The molecule has 2 heterocycles. The number of nitrogens with zero attached hydrogens (tertiary/aromatic N) is 3. The SMILES string of the molecule is c1ccc(-c2cc(-c3ccccc3)nc(-c3cccc4c3c3c(-c5ccccc5)cccc3n4-c3ccc4c5ccccc5c5ccccc5c4c3)n2)cc1. The van der Waals surface area contributed by atoms with Crippen LogP contribution in [0.3, 0.4) is 0 Å². The number of benzene rings is 9. The van der Waals surface area contributed by atoms with Gasteiger partial charge in [-0.15, -0.1) is 0 Å². The van der Waals surface area contributed by atoms with Gasteiger partial charge in [0.2, 0.25) is 0 Å². The van der Waals surface area contributed by atoms with E-state index in [0.717, 1.165) is 50.2 Å². The first-order valence-corrected chi connectivity index (χ1v) is 18.8. The smallest absolute Gasteiger partial charge is 0.161 e. The van der Waals surface area contributed by atoms with E-state index in [2.05, 4.69) is 193 Å². The molecule has 0 aliphatic rings. The van der Waals surface area contributed by atoms with Gasteiger partial charge in [0.25, 0.3) is 0 Å². The lowest BCUT2D eigenvalue weighted by atomic mass is 9.94. The maximum absolute atomic E-state index is 5.32. The standard InChI is InChI=1S/C52H33N3/c1-4-16-34(17-5-1)38-26-14-28-48-50(38)51-44(52-53-46(35-18-6-2-7-19-35)33-47(54-52)36-20-8-3-9-21-36)27-15-29-49(51)55(48)37-30-31-43-41-24-11-10-22-39(41)40-23-12-13-25-42(40)45(43)32-37/h1-33H. The molecule has 0 aliphatic carbocycles. The van der Waals surface area contributed by atoms with Crippen molar-refractivity contribution < 1.29 is 0 Å². The van der Waals surface area contributed by atoms with Crippen molar-refractivity contribution in [1.82, 2.24) is 14.5 Å². The van der Waals surface area contributed by atoms with Crippen LogP contribution in [0, 0.1) is 0 Å². The molecule has 11 aromatic rings. The van der Waals surface area contributed by atoms with Crippen molar-refractivity contribution >= 4 is 54.1 Å². The highest BCUT2D eigenvalue weighted by molar-refractivity contribution is 6.26. The fraction of sp³-hybridized carbons (Fsp3) is 0. The van der Waals surface area contributed by atoms with Crippen LogP contribution in [0.5, 0.6) is 0 Å². The molecule has 256 valence electrons. The number of aromatic nitrogens is 3. The van der Waals surface area contributed by atoms with Crippen molar-refractivity contribution in [2.24, 2.45) is 0 Å². The van der Waals surface area contributed by atoms with E-state index in [9.17, 15) is 0 Å². The van der Waals surface area contributed by atoms with Crippen LogP contribution in [-0.2, 0) is 0 Å². The lowest BCUT2D eigenvalue weighted by Crippen LogP contribution is -1.97. The van der Waals surface area contributed by atoms with Gasteiger partial charge in [-0.3, -0.25) is 0 Å². The van der Waals surface area contributed by atoms with Gasteiger partial charge in [-0.2, -0.15) is 0 Å². The molecule has 3 nitrogen and oxygen atoms in total.